The molecule has 3 aromatic carbocycles. The van der Waals surface area contributed by atoms with E-state index < -0.39 is 0 Å². The van der Waals surface area contributed by atoms with Gasteiger partial charge in [0.05, 0.1) is 9.52 Å². The van der Waals surface area contributed by atoms with Crippen LogP contribution in [0, 0.1) is 0 Å². The van der Waals surface area contributed by atoms with Crippen molar-refractivity contribution in [3.05, 3.63) is 84.9 Å². The van der Waals surface area contributed by atoms with Crippen LogP contribution in [0.5, 0.6) is 0 Å². The van der Waals surface area contributed by atoms with Crippen molar-refractivity contribution in [3.63, 3.8) is 0 Å². The predicted octanol–water partition coefficient (Wildman–Crippen LogP) is 4.92. The van der Waals surface area contributed by atoms with Crippen molar-refractivity contribution >= 4 is 31.8 Å². The summed E-state index contributed by atoms with van der Waals surface area (Å²) < 4.78 is 0. The quantitative estimate of drug-likeness (QED) is 0.604. The zero-order valence-corrected chi connectivity index (χ0v) is 13.7. The second-order valence-electron chi connectivity index (χ2n) is 5.08. The summed E-state index contributed by atoms with van der Waals surface area (Å²) in [6.07, 6.45) is 0. The Morgan fingerprint density at radius 2 is 1.09 bits per heavy atom. The number of para-hydroxylation sites is 2. The van der Waals surface area contributed by atoms with Crippen LogP contribution < -0.4 is 10.1 Å². The summed E-state index contributed by atoms with van der Waals surface area (Å²) in [6.45, 7) is 2.23. The van der Waals surface area contributed by atoms with Crippen LogP contribution in [-0.4, -0.2) is 9.52 Å². The topological polar surface area (TPSA) is 3.24 Å². The SMILES string of the molecule is CC[Si]c1ccc(N(c2ccccc2)c2ccccc2)cc1. The third-order valence-corrected chi connectivity index (χ3v) is 4.63. The Labute approximate surface area is 135 Å². The van der Waals surface area contributed by atoms with Gasteiger partial charge in [-0.1, -0.05) is 66.7 Å². The maximum Gasteiger partial charge on any atom is 0.0805 e. The normalized spacial score (nSPS) is 10.4. The lowest BCUT2D eigenvalue weighted by Gasteiger charge is -2.25. The number of rotatable bonds is 5. The van der Waals surface area contributed by atoms with Gasteiger partial charge in [0.1, 0.15) is 0 Å². The first kappa shape index (κ1) is 14.6. The molecule has 0 atom stereocenters. The molecule has 22 heavy (non-hydrogen) atoms. The minimum Gasteiger partial charge on any atom is -0.311 e. The lowest BCUT2D eigenvalue weighted by molar-refractivity contribution is 1.28. The van der Waals surface area contributed by atoms with Crippen molar-refractivity contribution in [1.29, 1.82) is 0 Å². The van der Waals surface area contributed by atoms with Crippen molar-refractivity contribution in [2.75, 3.05) is 4.90 Å². The van der Waals surface area contributed by atoms with E-state index in [1.165, 1.54) is 28.3 Å². The summed E-state index contributed by atoms with van der Waals surface area (Å²) in [5, 5.41) is 1.42. The van der Waals surface area contributed by atoms with Gasteiger partial charge >= 0.3 is 0 Å². The molecule has 3 rings (SSSR count). The van der Waals surface area contributed by atoms with E-state index in [-0.39, 0.29) is 0 Å². The Morgan fingerprint density at radius 3 is 1.55 bits per heavy atom. The van der Waals surface area contributed by atoms with Gasteiger partial charge in [0, 0.05) is 17.1 Å². The smallest absolute Gasteiger partial charge is 0.0805 e. The van der Waals surface area contributed by atoms with E-state index in [0.29, 0.717) is 0 Å². The van der Waals surface area contributed by atoms with Crippen LogP contribution in [0.2, 0.25) is 6.04 Å². The molecule has 0 fully saturated rings. The molecule has 0 amide bonds. The van der Waals surface area contributed by atoms with E-state index in [9.17, 15) is 0 Å². The third kappa shape index (κ3) is 3.29. The first-order chi connectivity index (χ1) is 10.9. The number of hydrogen-bond donors (Lipinski definition) is 0. The Morgan fingerprint density at radius 1 is 0.636 bits per heavy atom. The Hall–Kier alpha value is -2.32. The van der Waals surface area contributed by atoms with Gasteiger partial charge in [0.25, 0.3) is 0 Å². The van der Waals surface area contributed by atoms with Crippen molar-refractivity contribution < 1.29 is 0 Å². The number of nitrogens with zero attached hydrogens (tertiary/aromatic N) is 1. The maximum atomic E-state index is 2.29. The lowest BCUT2D eigenvalue weighted by atomic mass is 10.2. The van der Waals surface area contributed by atoms with Crippen molar-refractivity contribution in [2.24, 2.45) is 0 Å². The van der Waals surface area contributed by atoms with Crippen molar-refractivity contribution in [2.45, 2.75) is 13.0 Å². The zero-order chi connectivity index (χ0) is 15.2. The maximum absolute atomic E-state index is 2.29. The lowest BCUT2D eigenvalue weighted by Crippen LogP contribution is -2.14. The molecule has 0 heterocycles. The van der Waals surface area contributed by atoms with E-state index in [1.807, 2.05) is 0 Å². The molecule has 0 unspecified atom stereocenters. The fourth-order valence-corrected chi connectivity index (χ4v) is 3.34. The second kappa shape index (κ2) is 7.10. The van der Waals surface area contributed by atoms with E-state index in [1.54, 1.807) is 0 Å². The second-order valence-corrected chi connectivity index (χ2v) is 6.72. The van der Waals surface area contributed by atoms with Crippen molar-refractivity contribution in [3.8, 4) is 0 Å². The van der Waals surface area contributed by atoms with Gasteiger partial charge in [-0.05, 0) is 36.4 Å². The molecule has 3 aromatic rings. The van der Waals surface area contributed by atoms with Crippen LogP contribution in [0.1, 0.15) is 6.92 Å². The summed E-state index contributed by atoms with van der Waals surface area (Å²) in [5.41, 5.74) is 3.56. The highest BCUT2D eigenvalue weighted by molar-refractivity contribution is 6.53. The molecule has 2 heteroatoms. The average Bonchev–Trinajstić information content (AvgIpc) is 2.59. The average molecular weight is 301 g/mol. The molecule has 0 bridgehead atoms. The van der Waals surface area contributed by atoms with Gasteiger partial charge in [-0.2, -0.15) is 0 Å². The molecule has 0 N–H and O–H groups in total. The van der Waals surface area contributed by atoms with Gasteiger partial charge in [-0.25, -0.2) is 0 Å². The van der Waals surface area contributed by atoms with Gasteiger partial charge < -0.3 is 4.90 Å². The van der Waals surface area contributed by atoms with E-state index in [2.05, 4.69) is 96.8 Å². The summed E-state index contributed by atoms with van der Waals surface area (Å²) in [5.74, 6) is 0. The molecule has 108 valence electrons. The first-order valence-electron chi connectivity index (χ1n) is 7.62. The van der Waals surface area contributed by atoms with E-state index >= 15 is 0 Å². The number of hydrogen-bond acceptors (Lipinski definition) is 1. The van der Waals surface area contributed by atoms with Crippen molar-refractivity contribution in [1.82, 2.24) is 0 Å². The number of benzene rings is 3. The monoisotopic (exact) mass is 301 g/mol. The molecule has 0 aliphatic rings. The molecule has 2 radical (unpaired) electrons. The van der Waals surface area contributed by atoms with Crippen LogP contribution in [0.4, 0.5) is 17.1 Å². The molecule has 0 aliphatic carbocycles. The summed E-state index contributed by atoms with van der Waals surface area (Å²) in [6, 6.07) is 31.2. The molecule has 0 spiro atoms. The fraction of sp³-hybridized carbons (Fsp3) is 0.100. The van der Waals surface area contributed by atoms with Gasteiger partial charge in [0.2, 0.25) is 0 Å². The van der Waals surface area contributed by atoms with Crippen LogP contribution in [0.25, 0.3) is 0 Å². The van der Waals surface area contributed by atoms with Crippen LogP contribution >= 0.6 is 0 Å². The Balaban J connectivity index is 2.02. The van der Waals surface area contributed by atoms with Gasteiger partial charge in [-0.3, -0.25) is 0 Å². The first-order valence-corrected chi connectivity index (χ1v) is 8.83. The molecule has 0 aromatic heterocycles. The van der Waals surface area contributed by atoms with Crippen LogP contribution in [0.3, 0.4) is 0 Å². The van der Waals surface area contributed by atoms with E-state index in [0.717, 1.165) is 9.52 Å². The highest BCUT2D eigenvalue weighted by Crippen LogP contribution is 2.33. The van der Waals surface area contributed by atoms with Gasteiger partial charge in [0.15, 0.2) is 0 Å². The molecule has 1 nitrogen and oxygen atoms in total. The Bertz CT molecular complexity index is 653. The summed E-state index contributed by atoms with van der Waals surface area (Å²) in [4.78, 5) is 2.29. The zero-order valence-electron chi connectivity index (χ0n) is 12.7. The number of anilines is 3. The fourth-order valence-electron chi connectivity index (χ4n) is 2.53. The third-order valence-electron chi connectivity index (χ3n) is 3.54. The molecule has 0 aliphatic heterocycles. The minimum atomic E-state index is 0.892. The van der Waals surface area contributed by atoms with Crippen LogP contribution in [0.15, 0.2) is 84.9 Å². The molecule has 0 saturated carbocycles. The largest absolute Gasteiger partial charge is 0.311 e. The molecular formula is C20H19NSi. The predicted molar refractivity (Wildman–Crippen MR) is 97.0 cm³/mol. The van der Waals surface area contributed by atoms with Crippen LogP contribution in [-0.2, 0) is 0 Å². The Kier molecular flexibility index (Phi) is 4.71. The molecular weight excluding hydrogens is 282 g/mol. The minimum absolute atomic E-state index is 0.892. The summed E-state index contributed by atoms with van der Waals surface area (Å²) >= 11 is 0. The standard InChI is InChI=1S/C20H19NSi/c1-2-22-20-15-13-19(14-16-20)21(17-9-5-3-6-10-17)18-11-7-4-8-12-18/h3-16H,2H2,1H3. The van der Waals surface area contributed by atoms with E-state index in [4.69, 9.17) is 0 Å². The highest BCUT2D eigenvalue weighted by Gasteiger charge is 2.11. The summed E-state index contributed by atoms with van der Waals surface area (Å²) in [7, 11) is 0.892. The highest BCUT2D eigenvalue weighted by atomic mass is 28.2. The molecule has 0 saturated heterocycles. The van der Waals surface area contributed by atoms with Gasteiger partial charge in [-0.15, -0.1) is 0 Å².